The van der Waals surface area contributed by atoms with Crippen LogP contribution >= 0.6 is 11.3 Å². The highest BCUT2D eigenvalue weighted by atomic mass is 32.1. The Hall–Kier alpha value is -1.30. The number of rotatable bonds is 2. The van der Waals surface area contributed by atoms with Crippen LogP contribution < -0.4 is 11.5 Å². The molecule has 0 spiro atoms. The minimum atomic E-state index is 0.356. The summed E-state index contributed by atoms with van der Waals surface area (Å²) in [6.45, 7) is 8.16. The van der Waals surface area contributed by atoms with E-state index in [-0.39, 0.29) is 0 Å². The third-order valence-corrected chi connectivity index (χ3v) is 5.37. The molecule has 1 aliphatic carbocycles. The van der Waals surface area contributed by atoms with Crippen LogP contribution in [0.3, 0.4) is 0 Å². The van der Waals surface area contributed by atoms with Gasteiger partial charge in [0.25, 0.3) is 0 Å². The number of aldehydes is 1. The Kier molecular flexibility index (Phi) is 5.89. The Morgan fingerprint density at radius 2 is 2.00 bits per heavy atom. The molecule has 0 fully saturated rings. The average molecular weight is 334 g/mol. The van der Waals surface area contributed by atoms with Gasteiger partial charge in [-0.15, -0.1) is 11.3 Å². The first-order valence-electron chi connectivity index (χ1n) is 8.16. The van der Waals surface area contributed by atoms with Crippen molar-refractivity contribution in [1.82, 2.24) is 4.98 Å². The van der Waals surface area contributed by atoms with E-state index in [2.05, 4.69) is 26.8 Å². The molecule has 2 aromatic rings. The van der Waals surface area contributed by atoms with Crippen LogP contribution in [0.5, 0.6) is 0 Å². The van der Waals surface area contributed by atoms with Crippen molar-refractivity contribution >= 4 is 27.8 Å². The van der Waals surface area contributed by atoms with Crippen LogP contribution in [0.25, 0.3) is 10.2 Å². The Morgan fingerprint density at radius 3 is 2.57 bits per heavy atom. The van der Waals surface area contributed by atoms with E-state index in [1.807, 2.05) is 6.07 Å². The molecule has 3 rings (SSSR count). The van der Waals surface area contributed by atoms with Gasteiger partial charge in [0.05, 0.1) is 4.88 Å². The monoisotopic (exact) mass is 333 g/mol. The second-order valence-corrected chi connectivity index (χ2v) is 8.20. The lowest BCUT2D eigenvalue weighted by atomic mass is 9.71. The maximum absolute atomic E-state index is 10.9. The number of nitrogens with zero attached hydrogens (tertiary/aromatic N) is 1. The Morgan fingerprint density at radius 1 is 1.30 bits per heavy atom. The van der Waals surface area contributed by atoms with Gasteiger partial charge >= 0.3 is 0 Å². The van der Waals surface area contributed by atoms with Crippen LogP contribution in [0.15, 0.2) is 12.1 Å². The van der Waals surface area contributed by atoms with Crippen molar-refractivity contribution in [3.63, 3.8) is 0 Å². The topological polar surface area (TPSA) is 82.0 Å². The minimum Gasteiger partial charge on any atom is -0.329 e. The molecule has 5 heteroatoms. The molecule has 4 N–H and O–H groups in total. The molecule has 126 valence electrons. The van der Waals surface area contributed by atoms with Gasteiger partial charge in [0.15, 0.2) is 6.29 Å². The summed E-state index contributed by atoms with van der Waals surface area (Å²) < 4.78 is 0. The molecule has 0 aliphatic heterocycles. The SMILES string of the molecule is CC(C)(C)C1CCc2nc3sc(C=O)cc3cc2C1.NCCN. The molecule has 0 bridgehead atoms. The zero-order valence-electron chi connectivity index (χ0n) is 14.3. The first kappa shape index (κ1) is 18.0. The first-order valence-corrected chi connectivity index (χ1v) is 8.98. The highest BCUT2D eigenvalue weighted by Crippen LogP contribution is 2.38. The number of aromatic nitrogens is 1. The molecule has 0 saturated heterocycles. The van der Waals surface area contributed by atoms with Crippen molar-refractivity contribution in [2.45, 2.75) is 40.0 Å². The van der Waals surface area contributed by atoms with Crippen molar-refractivity contribution in [3.8, 4) is 0 Å². The summed E-state index contributed by atoms with van der Waals surface area (Å²) in [4.78, 5) is 17.4. The Labute approximate surface area is 142 Å². The normalized spacial score (nSPS) is 17.3. The smallest absolute Gasteiger partial charge is 0.160 e. The van der Waals surface area contributed by atoms with Crippen LogP contribution in [0.1, 0.15) is 48.1 Å². The van der Waals surface area contributed by atoms with Crippen LogP contribution in [-0.2, 0) is 12.8 Å². The molecular weight excluding hydrogens is 306 g/mol. The molecule has 1 aliphatic rings. The molecule has 1 atom stereocenters. The molecule has 2 heterocycles. The molecule has 0 saturated carbocycles. The molecule has 23 heavy (non-hydrogen) atoms. The fourth-order valence-electron chi connectivity index (χ4n) is 2.94. The quantitative estimate of drug-likeness (QED) is 0.827. The summed E-state index contributed by atoms with van der Waals surface area (Å²) in [6, 6.07) is 4.21. The molecule has 1 unspecified atom stereocenters. The highest BCUT2D eigenvalue weighted by molar-refractivity contribution is 7.20. The summed E-state index contributed by atoms with van der Waals surface area (Å²) in [7, 11) is 0. The summed E-state index contributed by atoms with van der Waals surface area (Å²) in [5.74, 6) is 0.725. The van der Waals surface area contributed by atoms with Crippen molar-refractivity contribution in [2.75, 3.05) is 13.1 Å². The summed E-state index contributed by atoms with van der Waals surface area (Å²) in [6.07, 6.45) is 4.33. The van der Waals surface area contributed by atoms with Gasteiger partial charge in [-0.1, -0.05) is 20.8 Å². The molecule has 0 aromatic carbocycles. The van der Waals surface area contributed by atoms with E-state index in [0.29, 0.717) is 18.5 Å². The van der Waals surface area contributed by atoms with Gasteiger partial charge in [0.1, 0.15) is 4.83 Å². The lowest BCUT2D eigenvalue weighted by Gasteiger charge is -2.34. The summed E-state index contributed by atoms with van der Waals surface area (Å²) >= 11 is 1.50. The molecule has 4 nitrogen and oxygen atoms in total. The lowest BCUT2D eigenvalue weighted by Crippen LogP contribution is -2.27. The second kappa shape index (κ2) is 7.51. The maximum Gasteiger partial charge on any atom is 0.160 e. The van der Waals surface area contributed by atoms with Crippen LogP contribution in [0.2, 0.25) is 0 Å². The van der Waals surface area contributed by atoms with Crippen LogP contribution in [0.4, 0.5) is 0 Å². The number of carbonyl (C=O) groups excluding carboxylic acids is 1. The van der Waals surface area contributed by atoms with E-state index < -0.39 is 0 Å². The largest absolute Gasteiger partial charge is 0.329 e. The van der Waals surface area contributed by atoms with E-state index in [0.717, 1.165) is 40.1 Å². The zero-order valence-corrected chi connectivity index (χ0v) is 15.1. The molecule has 0 amide bonds. The lowest BCUT2D eigenvalue weighted by molar-refractivity contribution is 0.112. The van der Waals surface area contributed by atoms with E-state index in [1.165, 1.54) is 29.0 Å². The number of fused-ring (bicyclic) bond motifs is 2. The third kappa shape index (κ3) is 4.37. The standard InChI is InChI=1S/C16H19NOS.C2H8N2/c1-16(2,3)12-4-5-14-10(7-12)6-11-8-13(9-18)19-15(11)17-14;3-1-2-4/h6,8-9,12H,4-5,7H2,1-3H3;1-4H2. The summed E-state index contributed by atoms with van der Waals surface area (Å²) in [5.41, 5.74) is 12.8. The van der Waals surface area contributed by atoms with Crippen molar-refractivity contribution in [3.05, 3.63) is 28.3 Å². The van der Waals surface area contributed by atoms with Crippen LogP contribution in [0, 0.1) is 11.3 Å². The number of nitrogens with two attached hydrogens (primary N) is 2. The number of thiophene rings is 1. The predicted molar refractivity (Wildman–Crippen MR) is 98.1 cm³/mol. The van der Waals surface area contributed by atoms with Gasteiger partial charge in [-0.05, 0) is 48.3 Å². The van der Waals surface area contributed by atoms with Gasteiger partial charge < -0.3 is 11.5 Å². The van der Waals surface area contributed by atoms with Gasteiger partial charge in [-0.3, -0.25) is 4.79 Å². The first-order chi connectivity index (χ1) is 10.9. The van der Waals surface area contributed by atoms with E-state index >= 15 is 0 Å². The van der Waals surface area contributed by atoms with Crippen molar-refractivity contribution in [2.24, 2.45) is 22.8 Å². The fourth-order valence-corrected chi connectivity index (χ4v) is 3.79. The van der Waals surface area contributed by atoms with Crippen molar-refractivity contribution in [1.29, 1.82) is 0 Å². The minimum absolute atomic E-state index is 0.356. The molecular formula is C18H27N3OS. The zero-order chi connectivity index (χ0) is 17.0. The number of hydrogen-bond donors (Lipinski definition) is 2. The van der Waals surface area contributed by atoms with Gasteiger partial charge in [0.2, 0.25) is 0 Å². The third-order valence-electron chi connectivity index (χ3n) is 4.40. The number of aryl methyl sites for hydroxylation is 1. The summed E-state index contributed by atoms with van der Waals surface area (Å²) in [5, 5.41) is 1.13. The van der Waals surface area contributed by atoms with Gasteiger partial charge in [0, 0.05) is 24.2 Å². The second-order valence-electron chi connectivity index (χ2n) is 7.14. The maximum atomic E-state index is 10.9. The fraction of sp³-hybridized carbons (Fsp3) is 0.556. The molecule has 0 radical (unpaired) electrons. The number of carbonyl (C=O) groups is 1. The number of pyridine rings is 1. The average Bonchev–Trinajstić information content (AvgIpc) is 2.93. The predicted octanol–water partition coefficient (Wildman–Crippen LogP) is 3.16. The highest BCUT2D eigenvalue weighted by Gasteiger charge is 2.29. The van der Waals surface area contributed by atoms with Crippen molar-refractivity contribution < 1.29 is 4.79 Å². The Bertz CT molecular complexity index is 671. The van der Waals surface area contributed by atoms with E-state index in [4.69, 9.17) is 16.5 Å². The van der Waals surface area contributed by atoms with E-state index in [9.17, 15) is 4.79 Å². The Balaban J connectivity index is 0.000000433. The number of hydrogen-bond acceptors (Lipinski definition) is 5. The van der Waals surface area contributed by atoms with Crippen LogP contribution in [-0.4, -0.2) is 24.4 Å². The van der Waals surface area contributed by atoms with Gasteiger partial charge in [-0.25, -0.2) is 4.98 Å². The molecule has 2 aromatic heterocycles. The van der Waals surface area contributed by atoms with E-state index in [1.54, 1.807) is 0 Å². The van der Waals surface area contributed by atoms with Gasteiger partial charge in [-0.2, -0.15) is 0 Å².